The number of carbonyl (C=O) groups excluding carboxylic acids is 2. The predicted molar refractivity (Wildman–Crippen MR) is 122 cm³/mol. The molecule has 0 aliphatic carbocycles. The summed E-state index contributed by atoms with van der Waals surface area (Å²) < 4.78 is 5.37. The van der Waals surface area contributed by atoms with Gasteiger partial charge in [0.2, 0.25) is 5.91 Å². The van der Waals surface area contributed by atoms with Gasteiger partial charge in [-0.05, 0) is 68.6 Å². The first kappa shape index (κ1) is 24.5. The van der Waals surface area contributed by atoms with Crippen molar-refractivity contribution in [2.75, 3.05) is 13.1 Å². The Bertz CT molecular complexity index is 725. The Labute approximate surface area is 186 Å². The molecule has 0 aromatic heterocycles. The van der Waals surface area contributed by atoms with E-state index in [2.05, 4.69) is 31.3 Å². The first-order valence-corrected chi connectivity index (χ1v) is 11.3. The lowest BCUT2D eigenvalue weighted by molar-refractivity contribution is -0.133. The van der Waals surface area contributed by atoms with E-state index < -0.39 is 17.7 Å². The standard InChI is InChI=1S/C24H37ClN2O3/c1-15(2)20-14-27(13-18(20)12-17-8-10-19(25)11-9-17)22(28)21(16(3)4)26-23(29)30-24(5,6)7/h8-11,15-16,18,20-21H,12-14H2,1-7H3,(H,26,29)/t18-,20+,21-/m0/s1. The summed E-state index contributed by atoms with van der Waals surface area (Å²) >= 11 is 6.02. The Morgan fingerprint density at radius 1 is 1.13 bits per heavy atom. The van der Waals surface area contributed by atoms with Crippen LogP contribution in [-0.2, 0) is 16.0 Å². The van der Waals surface area contributed by atoms with E-state index in [1.54, 1.807) is 0 Å². The molecule has 1 aromatic rings. The summed E-state index contributed by atoms with van der Waals surface area (Å²) in [4.78, 5) is 27.5. The summed E-state index contributed by atoms with van der Waals surface area (Å²) in [6.45, 7) is 15.2. The van der Waals surface area contributed by atoms with Crippen molar-refractivity contribution in [3.05, 3.63) is 34.9 Å². The average molecular weight is 437 g/mol. The molecule has 1 heterocycles. The Kier molecular flexibility index (Phi) is 8.20. The summed E-state index contributed by atoms with van der Waals surface area (Å²) in [6, 6.07) is 7.36. The van der Waals surface area contributed by atoms with E-state index >= 15 is 0 Å². The molecule has 30 heavy (non-hydrogen) atoms. The van der Waals surface area contributed by atoms with E-state index in [4.69, 9.17) is 16.3 Å². The van der Waals surface area contributed by atoms with Gasteiger partial charge in [0.1, 0.15) is 11.6 Å². The first-order valence-electron chi connectivity index (χ1n) is 10.9. The van der Waals surface area contributed by atoms with Gasteiger partial charge in [0, 0.05) is 18.1 Å². The fraction of sp³-hybridized carbons (Fsp3) is 0.667. The van der Waals surface area contributed by atoms with Crippen molar-refractivity contribution in [2.24, 2.45) is 23.7 Å². The van der Waals surface area contributed by atoms with Gasteiger partial charge in [-0.3, -0.25) is 4.79 Å². The fourth-order valence-electron chi connectivity index (χ4n) is 4.12. The minimum atomic E-state index is -0.602. The van der Waals surface area contributed by atoms with Crippen LogP contribution in [0, 0.1) is 23.7 Å². The molecule has 2 amide bonds. The fourth-order valence-corrected chi connectivity index (χ4v) is 4.24. The highest BCUT2D eigenvalue weighted by atomic mass is 35.5. The zero-order valence-corrected chi connectivity index (χ0v) is 20.1. The monoisotopic (exact) mass is 436 g/mol. The van der Waals surface area contributed by atoms with Crippen molar-refractivity contribution in [1.29, 1.82) is 0 Å². The zero-order chi connectivity index (χ0) is 22.6. The van der Waals surface area contributed by atoms with Crippen molar-refractivity contribution >= 4 is 23.6 Å². The number of amides is 2. The zero-order valence-electron chi connectivity index (χ0n) is 19.4. The molecule has 5 nitrogen and oxygen atoms in total. The van der Waals surface area contributed by atoms with E-state index in [-0.39, 0.29) is 11.8 Å². The van der Waals surface area contributed by atoms with Crippen molar-refractivity contribution < 1.29 is 14.3 Å². The number of ether oxygens (including phenoxy) is 1. The van der Waals surface area contributed by atoms with Crippen LogP contribution in [-0.4, -0.2) is 41.6 Å². The summed E-state index contributed by atoms with van der Waals surface area (Å²) in [5.74, 6) is 1.21. The van der Waals surface area contributed by atoms with E-state index in [0.29, 0.717) is 30.8 Å². The van der Waals surface area contributed by atoms with Crippen LogP contribution in [0.1, 0.15) is 54.0 Å². The summed E-state index contributed by atoms with van der Waals surface area (Å²) in [6.07, 6.45) is 0.363. The third-order valence-corrected chi connectivity index (χ3v) is 5.93. The van der Waals surface area contributed by atoms with E-state index in [0.717, 1.165) is 11.4 Å². The Morgan fingerprint density at radius 2 is 1.73 bits per heavy atom. The molecule has 1 aliphatic rings. The van der Waals surface area contributed by atoms with Gasteiger partial charge in [-0.2, -0.15) is 0 Å². The maximum atomic E-state index is 13.3. The van der Waals surface area contributed by atoms with Crippen LogP contribution >= 0.6 is 11.6 Å². The maximum absolute atomic E-state index is 13.3. The number of carbonyl (C=O) groups is 2. The lowest BCUT2D eigenvalue weighted by atomic mass is 9.82. The molecule has 1 fully saturated rings. The summed E-state index contributed by atoms with van der Waals surface area (Å²) in [5.41, 5.74) is 0.631. The molecule has 0 radical (unpaired) electrons. The van der Waals surface area contributed by atoms with Crippen LogP contribution in [0.4, 0.5) is 4.79 Å². The smallest absolute Gasteiger partial charge is 0.408 e. The van der Waals surface area contributed by atoms with Gasteiger partial charge in [-0.25, -0.2) is 4.79 Å². The topological polar surface area (TPSA) is 58.6 Å². The molecule has 0 saturated carbocycles. The number of hydrogen-bond acceptors (Lipinski definition) is 3. The van der Waals surface area contributed by atoms with Gasteiger partial charge in [0.05, 0.1) is 0 Å². The minimum absolute atomic E-state index is 0.0277. The first-order chi connectivity index (χ1) is 13.9. The number of hydrogen-bond donors (Lipinski definition) is 1. The van der Waals surface area contributed by atoms with Crippen LogP contribution in [0.25, 0.3) is 0 Å². The molecule has 1 saturated heterocycles. The molecule has 3 atom stereocenters. The number of rotatable bonds is 6. The summed E-state index contributed by atoms with van der Waals surface area (Å²) in [5, 5.41) is 3.53. The second-order valence-electron chi connectivity index (χ2n) is 10.1. The van der Waals surface area contributed by atoms with E-state index in [1.165, 1.54) is 5.56 Å². The lowest BCUT2D eigenvalue weighted by Gasteiger charge is -2.28. The van der Waals surface area contributed by atoms with Crippen molar-refractivity contribution in [3.63, 3.8) is 0 Å². The Hall–Kier alpha value is -1.75. The van der Waals surface area contributed by atoms with Crippen molar-refractivity contribution in [3.8, 4) is 0 Å². The Morgan fingerprint density at radius 3 is 2.23 bits per heavy atom. The van der Waals surface area contributed by atoms with Gasteiger partial charge >= 0.3 is 6.09 Å². The molecule has 0 bridgehead atoms. The molecule has 168 valence electrons. The van der Waals surface area contributed by atoms with E-state index in [1.807, 2.05) is 51.7 Å². The quantitative estimate of drug-likeness (QED) is 0.669. The van der Waals surface area contributed by atoms with Gasteiger partial charge in [0.25, 0.3) is 0 Å². The molecular weight excluding hydrogens is 400 g/mol. The molecule has 2 rings (SSSR count). The largest absolute Gasteiger partial charge is 0.444 e. The minimum Gasteiger partial charge on any atom is -0.444 e. The number of likely N-dealkylation sites (tertiary alicyclic amines) is 1. The third-order valence-electron chi connectivity index (χ3n) is 5.68. The average Bonchev–Trinajstić information content (AvgIpc) is 3.03. The lowest BCUT2D eigenvalue weighted by Crippen LogP contribution is -2.51. The molecular formula is C24H37ClN2O3. The van der Waals surface area contributed by atoms with E-state index in [9.17, 15) is 9.59 Å². The number of alkyl carbamates (subject to hydrolysis) is 1. The second kappa shape index (κ2) is 10.0. The maximum Gasteiger partial charge on any atom is 0.408 e. The molecule has 1 aliphatic heterocycles. The molecule has 0 unspecified atom stereocenters. The molecule has 1 N–H and O–H groups in total. The van der Waals surface area contributed by atoms with Gasteiger partial charge in [-0.1, -0.05) is 51.4 Å². The predicted octanol–water partition coefficient (Wildman–Crippen LogP) is 5.16. The van der Waals surface area contributed by atoms with Crippen LogP contribution in [0.5, 0.6) is 0 Å². The van der Waals surface area contributed by atoms with Crippen molar-refractivity contribution in [2.45, 2.75) is 66.5 Å². The highest BCUT2D eigenvalue weighted by Gasteiger charge is 2.40. The number of nitrogens with one attached hydrogen (secondary N) is 1. The van der Waals surface area contributed by atoms with Crippen LogP contribution in [0.3, 0.4) is 0 Å². The van der Waals surface area contributed by atoms with Gasteiger partial charge in [0.15, 0.2) is 0 Å². The molecule has 1 aromatic carbocycles. The summed E-state index contributed by atoms with van der Waals surface area (Å²) in [7, 11) is 0. The van der Waals surface area contributed by atoms with Crippen LogP contribution < -0.4 is 5.32 Å². The second-order valence-corrected chi connectivity index (χ2v) is 10.5. The SMILES string of the molecule is CC(C)[C@H](NC(=O)OC(C)(C)C)C(=O)N1C[C@H](Cc2ccc(Cl)cc2)[C@@H](C(C)C)C1. The number of halogens is 1. The highest BCUT2D eigenvalue weighted by Crippen LogP contribution is 2.33. The Balaban J connectivity index is 2.11. The number of benzene rings is 1. The highest BCUT2D eigenvalue weighted by molar-refractivity contribution is 6.30. The van der Waals surface area contributed by atoms with Crippen molar-refractivity contribution in [1.82, 2.24) is 10.2 Å². The van der Waals surface area contributed by atoms with Crippen LogP contribution in [0.15, 0.2) is 24.3 Å². The van der Waals surface area contributed by atoms with Gasteiger partial charge in [-0.15, -0.1) is 0 Å². The molecule has 6 heteroatoms. The normalized spacial score (nSPS) is 20.5. The van der Waals surface area contributed by atoms with Crippen LogP contribution in [0.2, 0.25) is 5.02 Å². The third kappa shape index (κ3) is 6.90. The molecule has 0 spiro atoms. The van der Waals surface area contributed by atoms with Gasteiger partial charge < -0.3 is 15.0 Å². The number of nitrogens with zero attached hydrogens (tertiary/aromatic N) is 1.